The first-order valence-corrected chi connectivity index (χ1v) is 6.57. The zero-order valence-corrected chi connectivity index (χ0v) is 11.6. The summed E-state index contributed by atoms with van der Waals surface area (Å²) in [5.74, 6) is -1.84. The molecule has 18 heavy (non-hydrogen) atoms. The molecule has 2 rings (SSSR count). The summed E-state index contributed by atoms with van der Waals surface area (Å²) < 4.78 is 25.8. The molecule has 2 aromatic rings. The lowest BCUT2D eigenvalue weighted by Gasteiger charge is -2.05. The van der Waals surface area contributed by atoms with Crippen LogP contribution in [0.25, 0.3) is 0 Å². The highest BCUT2D eigenvalue weighted by atomic mass is 35.5. The molecule has 7 heteroatoms. The van der Waals surface area contributed by atoms with E-state index in [2.05, 4.69) is 4.98 Å². The lowest BCUT2D eigenvalue weighted by molar-refractivity contribution is 0.506. The molecule has 0 spiro atoms. The zero-order chi connectivity index (χ0) is 13.3. The van der Waals surface area contributed by atoms with Crippen LogP contribution in [-0.4, -0.2) is 4.98 Å². The molecule has 0 atom stereocenters. The summed E-state index contributed by atoms with van der Waals surface area (Å²) in [5.41, 5.74) is 0. The van der Waals surface area contributed by atoms with Gasteiger partial charge in [-0.25, -0.2) is 13.8 Å². The van der Waals surface area contributed by atoms with E-state index < -0.39 is 11.6 Å². The Balaban J connectivity index is 2.34. The normalized spacial score (nSPS) is 10.7. The van der Waals surface area contributed by atoms with Crippen LogP contribution in [0, 0.1) is 11.6 Å². The maximum Gasteiger partial charge on any atom is 0.159 e. The van der Waals surface area contributed by atoms with Crippen molar-refractivity contribution in [1.82, 2.24) is 4.98 Å². The Morgan fingerprint density at radius 3 is 2.33 bits per heavy atom. The summed E-state index contributed by atoms with van der Waals surface area (Å²) >= 11 is 18.5. The van der Waals surface area contributed by atoms with Crippen molar-refractivity contribution in [2.75, 3.05) is 0 Å². The van der Waals surface area contributed by atoms with Gasteiger partial charge in [0.25, 0.3) is 0 Å². The number of pyridine rings is 1. The summed E-state index contributed by atoms with van der Waals surface area (Å²) in [7, 11) is 0. The van der Waals surface area contributed by atoms with Gasteiger partial charge in [-0.1, -0.05) is 46.6 Å². The number of aromatic nitrogens is 1. The van der Waals surface area contributed by atoms with Gasteiger partial charge < -0.3 is 0 Å². The standard InChI is InChI=1S/C11H4Cl3F2NS/c12-6-4-7(13)11(17-10(6)14)18-5-1-2-8(15)9(16)3-5/h1-4H. The first-order chi connectivity index (χ1) is 8.47. The molecule has 0 aliphatic heterocycles. The Bertz CT molecular complexity index is 607. The van der Waals surface area contributed by atoms with Crippen molar-refractivity contribution >= 4 is 46.6 Å². The van der Waals surface area contributed by atoms with Crippen LogP contribution in [0.2, 0.25) is 15.2 Å². The van der Waals surface area contributed by atoms with Gasteiger partial charge in [0.15, 0.2) is 11.6 Å². The van der Waals surface area contributed by atoms with Crippen molar-refractivity contribution in [1.29, 1.82) is 0 Å². The SMILES string of the molecule is Fc1ccc(Sc2nc(Cl)c(Cl)cc2Cl)cc1F. The monoisotopic (exact) mass is 325 g/mol. The quantitative estimate of drug-likeness (QED) is 0.679. The first-order valence-electron chi connectivity index (χ1n) is 4.62. The van der Waals surface area contributed by atoms with Crippen LogP contribution < -0.4 is 0 Å². The predicted molar refractivity (Wildman–Crippen MR) is 69.7 cm³/mol. The van der Waals surface area contributed by atoms with Gasteiger partial charge in [0, 0.05) is 4.90 Å². The fourth-order valence-corrected chi connectivity index (χ4v) is 2.63. The predicted octanol–water partition coefficient (Wildman–Crippen LogP) is 5.47. The van der Waals surface area contributed by atoms with Crippen molar-refractivity contribution in [2.24, 2.45) is 0 Å². The smallest absolute Gasteiger partial charge is 0.159 e. The highest BCUT2D eigenvalue weighted by Gasteiger charge is 2.11. The van der Waals surface area contributed by atoms with Crippen molar-refractivity contribution in [3.63, 3.8) is 0 Å². The maximum atomic E-state index is 13.0. The minimum absolute atomic E-state index is 0.103. The van der Waals surface area contributed by atoms with Gasteiger partial charge in [0.2, 0.25) is 0 Å². The van der Waals surface area contributed by atoms with E-state index >= 15 is 0 Å². The van der Waals surface area contributed by atoms with E-state index in [4.69, 9.17) is 34.8 Å². The van der Waals surface area contributed by atoms with Crippen LogP contribution in [-0.2, 0) is 0 Å². The lowest BCUT2D eigenvalue weighted by Crippen LogP contribution is -1.87. The van der Waals surface area contributed by atoms with Gasteiger partial charge in [-0.2, -0.15) is 0 Å². The van der Waals surface area contributed by atoms with Crippen LogP contribution in [0.1, 0.15) is 0 Å². The topological polar surface area (TPSA) is 12.9 Å². The first kappa shape index (κ1) is 13.9. The maximum absolute atomic E-state index is 13.0. The van der Waals surface area contributed by atoms with Crippen molar-refractivity contribution in [3.8, 4) is 0 Å². The van der Waals surface area contributed by atoms with Crippen molar-refractivity contribution in [2.45, 2.75) is 9.92 Å². The molecule has 1 aromatic carbocycles. The molecule has 0 saturated carbocycles. The van der Waals surface area contributed by atoms with Crippen LogP contribution in [0.4, 0.5) is 8.78 Å². The number of hydrogen-bond donors (Lipinski definition) is 0. The third-order valence-corrected chi connectivity index (χ3v) is 4.03. The molecule has 0 aliphatic rings. The number of hydrogen-bond acceptors (Lipinski definition) is 2. The van der Waals surface area contributed by atoms with Crippen molar-refractivity contribution < 1.29 is 8.78 Å². The van der Waals surface area contributed by atoms with Crippen LogP contribution in [0.5, 0.6) is 0 Å². The Morgan fingerprint density at radius 2 is 1.67 bits per heavy atom. The van der Waals surface area contributed by atoms with E-state index in [0.717, 1.165) is 23.9 Å². The van der Waals surface area contributed by atoms with Crippen LogP contribution >= 0.6 is 46.6 Å². The Hall–Kier alpha value is -0.550. The number of rotatable bonds is 2. The summed E-state index contributed by atoms with van der Waals surface area (Å²) in [5, 5.41) is 0.999. The van der Waals surface area contributed by atoms with E-state index in [1.165, 1.54) is 12.1 Å². The molecule has 94 valence electrons. The molecule has 0 amide bonds. The fourth-order valence-electron chi connectivity index (χ4n) is 1.15. The van der Waals surface area contributed by atoms with Crippen molar-refractivity contribution in [3.05, 3.63) is 51.1 Å². The average Bonchev–Trinajstić information content (AvgIpc) is 2.31. The molecular formula is C11H4Cl3F2NS. The van der Waals surface area contributed by atoms with Gasteiger partial charge in [-0.15, -0.1) is 0 Å². The Morgan fingerprint density at radius 1 is 0.944 bits per heavy atom. The fraction of sp³-hybridized carbons (Fsp3) is 0. The second-order valence-corrected chi connectivity index (χ2v) is 5.46. The van der Waals surface area contributed by atoms with E-state index in [0.29, 0.717) is 14.9 Å². The average molecular weight is 327 g/mol. The molecule has 0 fully saturated rings. The minimum Gasteiger partial charge on any atom is -0.226 e. The van der Waals surface area contributed by atoms with E-state index in [1.54, 1.807) is 0 Å². The highest BCUT2D eigenvalue weighted by molar-refractivity contribution is 7.99. The van der Waals surface area contributed by atoms with Crippen LogP contribution in [0.15, 0.2) is 34.2 Å². The lowest BCUT2D eigenvalue weighted by atomic mass is 10.3. The molecule has 0 saturated heterocycles. The Kier molecular flexibility index (Phi) is 4.33. The van der Waals surface area contributed by atoms with Gasteiger partial charge in [-0.3, -0.25) is 0 Å². The largest absolute Gasteiger partial charge is 0.226 e. The summed E-state index contributed by atoms with van der Waals surface area (Å²) in [6.07, 6.45) is 0. The number of nitrogens with zero attached hydrogens (tertiary/aromatic N) is 1. The summed E-state index contributed by atoms with van der Waals surface area (Å²) in [6.45, 7) is 0. The minimum atomic E-state index is -0.934. The molecule has 1 nitrogen and oxygen atoms in total. The highest BCUT2D eigenvalue weighted by Crippen LogP contribution is 2.35. The van der Waals surface area contributed by atoms with Gasteiger partial charge >= 0.3 is 0 Å². The van der Waals surface area contributed by atoms with E-state index in [1.807, 2.05) is 0 Å². The van der Waals surface area contributed by atoms with Gasteiger partial charge in [0.1, 0.15) is 10.2 Å². The molecule has 1 heterocycles. The van der Waals surface area contributed by atoms with Crippen LogP contribution in [0.3, 0.4) is 0 Å². The molecule has 0 bridgehead atoms. The Labute approximate surface area is 121 Å². The second kappa shape index (κ2) is 5.61. The number of benzene rings is 1. The van der Waals surface area contributed by atoms with E-state index in [9.17, 15) is 8.78 Å². The summed E-state index contributed by atoms with van der Waals surface area (Å²) in [6, 6.07) is 4.95. The zero-order valence-electron chi connectivity index (χ0n) is 8.55. The second-order valence-electron chi connectivity index (χ2n) is 3.23. The molecule has 0 aliphatic carbocycles. The van der Waals surface area contributed by atoms with E-state index in [-0.39, 0.29) is 10.2 Å². The third kappa shape index (κ3) is 3.06. The van der Waals surface area contributed by atoms with Gasteiger partial charge in [-0.05, 0) is 24.3 Å². The third-order valence-electron chi connectivity index (χ3n) is 1.96. The molecule has 0 radical (unpaired) electrons. The van der Waals surface area contributed by atoms with Gasteiger partial charge in [0.05, 0.1) is 10.0 Å². The molecule has 0 unspecified atom stereocenters. The molecule has 0 N–H and O–H groups in total. The number of halogens is 5. The molecule has 1 aromatic heterocycles. The molecular weight excluding hydrogens is 323 g/mol. The summed E-state index contributed by atoms with van der Waals surface area (Å²) in [4.78, 5) is 4.43.